The molecule has 2 aromatic rings. The first-order chi connectivity index (χ1) is 12.2. The summed E-state index contributed by atoms with van der Waals surface area (Å²) in [7, 11) is 0. The summed E-state index contributed by atoms with van der Waals surface area (Å²) in [4.78, 5) is 14.1. The van der Waals surface area contributed by atoms with Crippen LogP contribution in [0.2, 0.25) is 0 Å². The van der Waals surface area contributed by atoms with Gasteiger partial charge >= 0.3 is 0 Å². The summed E-state index contributed by atoms with van der Waals surface area (Å²) < 4.78 is 0. The van der Waals surface area contributed by atoms with Crippen molar-refractivity contribution < 1.29 is 4.79 Å². The normalized spacial score (nSPS) is 10.8. The Balaban J connectivity index is 2.21. The Hall–Kier alpha value is -3.06. The first-order valence-corrected chi connectivity index (χ1v) is 8.45. The quantitative estimate of drug-likeness (QED) is 0.593. The third-order valence-electron chi connectivity index (χ3n) is 3.67. The van der Waals surface area contributed by atoms with E-state index in [-0.39, 0.29) is 11.5 Å². The molecule has 128 valence electrons. The van der Waals surface area contributed by atoms with Gasteiger partial charge in [-0.1, -0.05) is 67.6 Å². The van der Waals surface area contributed by atoms with Crippen LogP contribution < -0.4 is 5.32 Å². The van der Waals surface area contributed by atoms with E-state index in [1.807, 2.05) is 78.6 Å². The number of hydrogen-bond donors (Lipinski definition) is 1. The average molecular weight is 333 g/mol. The van der Waals surface area contributed by atoms with Gasteiger partial charge in [0.25, 0.3) is 5.91 Å². The van der Waals surface area contributed by atoms with E-state index in [2.05, 4.69) is 5.32 Å². The number of carbonyl (C=O) groups is 1. The number of benzene rings is 2. The molecule has 0 saturated carbocycles. The fourth-order valence-corrected chi connectivity index (χ4v) is 2.44. The van der Waals surface area contributed by atoms with Gasteiger partial charge in [0, 0.05) is 25.8 Å². The number of rotatable bonds is 8. The highest BCUT2D eigenvalue weighted by atomic mass is 16.1. The molecular formula is C21H23N3O. The van der Waals surface area contributed by atoms with Gasteiger partial charge in [-0.05, 0) is 17.5 Å². The lowest BCUT2D eigenvalue weighted by molar-refractivity contribution is -0.117. The van der Waals surface area contributed by atoms with Gasteiger partial charge < -0.3 is 10.2 Å². The van der Waals surface area contributed by atoms with Gasteiger partial charge in [0.1, 0.15) is 11.6 Å². The van der Waals surface area contributed by atoms with Crippen molar-refractivity contribution in [2.75, 3.05) is 6.54 Å². The van der Waals surface area contributed by atoms with Crippen LogP contribution in [0.3, 0.4) is 0 Å². The molecule has 1 amide bonds. The first kappa shape index (κ1) is 18.3. The number of carbonyl (C=O) groups excluding carboxylic acids is 1. The van der Waals surface area contributed by atoms with Gasteiger partial charge in [-0.3, -0.25) is 4.79 Å². The molecule has 1 N–H and O–H groups in total. The van der Waals surface area contributed by atoms with Crippen molar-refractivity contribution in [3.63, 3.8) is 0 Å². The number of nitrogens with one attached hydrogen (secondary N) is 1. The van der Waals surface area contributed by atoms with Crippen molar-refractivity contribution in [1.29, 1.82) is 5.26 Å². The minimum atomic E-state index is -0.324. The van der Waals surface area contributed by atoms with Crippen molar-refractivity contribution in [2.24, 2.45) is 0 Å². The molecule has 0 heterocycles. The van der Waals surface area contributed by atoms with Gasteiger partial charge in [-0.15, -0.1) is 0 Å². The van der Waals surface area contributed by atoms with Gasteiger partial charge in [-0.25, -0.2) is 0 Å². The molecule has 2 aromatic carbocycles. The van der Waals surface area contributed by atoms with Crippen LogP contribution in [0, 0.1) is 11.3 Å². The SMILES string of the molecule is CCCNC(=O)/C(C#N)=C\N(Cc1ccccc1)Cc1ccccc1. The van der Waals surface area contributed by atoms with Gasteiger partial charge in [0.2, 0.25) is 0 Å². The maximum absolute atomic E-state index is 12.1. The Labute approximate surface area is 149 Å². The van der Waals surface area contributed by atoms with Crippen LogP contribution in [0.15, 0.2) is 72.4 Å². The fraction of sp³-hybridized carbons (Fsp3) is 0.238. The maximum atomic E-state index is 12.1. The Morgan fingerprint density at radius 3 is 2.00 bits per heavy atom. The van der Waals surface area contributed by atoms with E-state index in [0.717, 1.165) is 17.5 Å². The molecule has 0 unspecified atom stereocenters. The van der Waals surface area contributed by atoms with Gasteiger partial charge in [-0.2, -0.15) is 5.26 Å². The minimum absolute atomic E-state index is 0.125. The zero-order valence-electron chi connectivity index (χ0n) is 14.5. The summed E-state index contributed by atoms with van der Waals surface area (Å²) in [6.45, 7) is 3.80. The van der Waals surface area contributed by atoms with Crippen LogP contribution in [0.25, 0.3) is 0 Å². The number of nitriles is 1. The van der Waals surface area contributed by atoms with Crippen LogP contribution in [0.5, 0.6) is 0 Å². The summed E-state index contributed by atoms with van der Waals surface area (Å²) in [5, 5.41) is 12.1. The fourth-order valence-electron chi connectivity index (χ4n) is 2.44. The molecule has 0 atom stereocenters. The smallest absolute Gasteiger partial charge is 0.263 e. The standard InChI is InChI=1S/C21H23N3O/c1-2-13-23-21(25)20(14-22)17-24(15-18-9-5-3-6-10-18)16-19-11-7-4-8-12-19/h3-12,17H,2,13,15-16H2,1H3,(H,23,25)/b20-17-. The van der Waals surface area contributed by atoms with Crippen molar-refractivity contribution in [3.8, 4) is 6.07 Å². The lowest BCUT2D eigenvalue weighted by Gasteiger charge is -2.21. The molecule has 0 aliphatic carbocycles. The predicted molar refractivity (Wildman–Crippen MR) is 99.1 cm³/mol. The molecule has 0 bridgehead atoms. The summed E-state index contributed by atoms with van der Waals surface area (Å²) >= 11 is 0. The second-order valence-electron chi connectivity index (χ2n) is 5.79. The Bertz CT molecular complexity index is 691. The second kappa shape index (κ2) is 9.94. The number of hydrogen-bond acceptors (Lipinski definition) is 3. The third kappa shape index (κ3) is 6.15. The molecule has 4 nitrogen and oxygen atoms in total. The summed E-state index contributed by atoms with van der Waals surface area (Å²) in [5.41, 5.74) is 2.38. The van der Waals surface area contributed by atoms with E-state index in [4.69, 9.17) is 0 Å². The molecule has 2 rings (SSSR count). The van der Waals surface area contributed by atoms with Crippen LogP contribution in [-0.4, -0.2) is 17.4 Å². The van der Waals surface area contributed by atoms with E-state index in [0.29, 0.717) is 19.6 Å². The summed E-state index contributed by atoms with van der Waals surface area (Å²) in [6.07, 6.45) is 2.49. The van der Waals surface area contributed by atoms with E-state index in [1.165, 1.54) is 0 Å². The summed E-state index contributed by atoms with van der Waals surface area (Å²) in [6, 6.07) is 22.1. The van der Waals surface area contributed by atoms with Crippen molar-refractivity contribution in [1.82, 2.24) is 10.2 Å². The van der Waals surface area contributed by atoms with E-state index < -0.39 is 0 Å². The van der Waals surface area contributed by atoms with Crippen LogP contribution in [0.4, 0.5) is 0 Å². The Morgan fingerprint density at radius 1 is 1.04 bits per heavy atom. The van der Waals surface area contributed by atoms with E-state index in [9.17, 15) is 10.1 Å². The molecule has 0 radical (unpaired) electrons. The average Bonchev–Trinajstić information content (AvgIpc) is 2.65. The highest BCUT2D eigenvalue weighted by molar-refractivity contribution is 5.97. The van der Waals surface area contributed by atoms with Crippen molar-refractivity contribution >= 4 is 5.91 Å². The number of nitrogens with zero attached hydrogens (tertiary/aromatic N) is 2. The van der Waals surface area contributed by atoms with Crippen LogP contribution >= 0.6 is 0 Å². The maximum Gasteiger partial charge on any atom is 0.263 e. The molecule has 0 aliphatic rings. The van der Waals surface area contributed by atoms with Gasteiger partial charge in [0.05, 0.1) is 0 Å². The zero-order valence-corrected chi connectivity index (χ0v) is 14.5. The molecule has 25 heavy (non-hydrogen) atoms. The molecule has 0 aliphatic heterocycles. The highest BCUT2D eigenvalue weighted by Crippen LogP contribution is 2.12. The summed E-state index contributed by atoms with van der Waals surface area (Å²) in [5.74, 6) is -0.324. The molecule has 0 fully saturated rings. The molecule has 4 heteroatoms. The van der Waals surface area contributed by atoms with Crippen LogP contribution in [0.1, 0.15) is 24.5 Å². The highest BCUT2D eigenvalue weighted by Gasteiger charge is 2.11. The third-order valence-corrected chi connectivity index (χ3v) is 3.67. The van der Waals surface area contributed by atoms with E-state index in [1.54, 1.807) is 6.20 Å². The molecule has 0 aromatic heterocycles. The zero-order chi connectivity index (χ0) is 17.9. The van der Waals surface area contributed by atoms with Gasteiger partial charge in [0.15, 0.2) is 0 Å². The first-order valence-electron chi connectivity index (χ1n) is 8.45. The second-order valence-corrected chi connectivity index (χ2v) is 5.79. The molecule has 0 spiro atoms. The molecular weight excluding hydrogens is 310 g/mol. The minimum Gasteiger partial charge on any atom is -0.367 e. The Kier molecular flexibility index (Phi) is 7.27. The largest absolute Gasteiger partial charge is 0.367 e. The monoisotopic (exact) mass is 333 g/mol. The van der Waals surface area contributed by atoms with Crippen molar-refractivity contribution in [3.05, 3.63) is 83.6 Å². The van der Waals surface area contributed by atoms with Crippen LogP contribution in [-0.2, 0) is 17.9 Å². The topological polar surface area (TPSA) is 56.1 Å². The molecule has 0 saturated heterocycles. The van der Waals surface area contributed by atoms with E-state index >= 15 is 0 Å². The Morgan fingerprint density at radius 2 is 1.56 bits per heavy atom. The number of amides is 1. The lowest BCUT2D eigenvalue weighted by atomic mass is 10.1. The lowest BCUT2D eigenvalue weighted by Crippen LogP contribution is -2.27. The predicted octanol–water partition coefficient (Wildman–Crippen LogP) is 3.62. The van der Waals surface area contributed by atoms with Crippen molar-refractivity contribution in [2.45, 2.75) is 26.4 Å².